The van der Waals surface area contributed by atoms with E-state index in [2.05, 4.69) is 9.71 Å². The molecular formula is C17H14ClFN2O4S3. The predicted molar refractivity (Wildman–Crippen MR) is 107 cm³/mol. The zero-order valence-electron chi connectivity index (χ0n) is 14.1. The van der Waals surface area contributed by atoms with E-state index in [0.717, 1.165) is 35.6 Å². The molecule has 6 nitrogen and oxygen atoms in total. The lowest BCUT2D eigenvalue weighted by atomic mass is 10.2. The van der Waals surface area contributed by atoms with Crippen LogP contribution in [0.4, 0.5) is 9.52 Å². The van der Waals surface area contributed by atoms with Crippen LogP contribution in [0.25, 0.3) is 0 Å². The Balaban J connectivity index is 1.79. The fourth-order valence-corrected chi connectivity index (χ4v) is 5.59. The summed E-state index contributed by atoms with van der Waals surface area (Å²) >= 11 is 6.93. The predicted octanol–water partition coefficient (Wildman–Crippen LogP) is 3.91. The van der Waals surface area contributed by atoms with E-state index in [0.29, 0.717) is 10.6 Å². The number of sulfone groups is 1. The van der Waals surface area contributed by atoms with Crippen LogP contribution in [0.5, 0.6) is 0 Å². The van der Waals surface area contributed by atoms with Crippen molar-refractivity contribution in [1.82, 2.24) is 4.98 Å². The van der Waals surface area contributed by atoms with Crippen molar-refractivity contribution in [1.29, 1.82) is 0 Å². The number of sulfonamides is 1. The summed E-state index contributed by atoms with van der Waals surface area (Å²) in [5.74, 6) is 0. The van der Waals surface area contributed by atoms with E-state index < -0.39 is 25.4 Å². The van der Waals surface area contributed by atoms with Crippen molar-refractivity contribution in [3.05, 3.63) is 70.7 Å². The molecule has 1 N–H and O–H groups in total. The lowest BCUT2D eigenvalue weighted by Gasteiger charge is -2.11. The molecule has 0 saturated heterocycles. The summed E-state index contributed by atoms with van der Waals surface area (Å²) in [5.41, 5.74) is -1.75. The van der Waals surface area contributed by atoms with E-state index in [1.54, 1.807) is 23.6 Å². The fourth-order valence-electron chi connectivity index (χ4n) is 2.36. The molecule has 1 atom stereocenters. The number of benzene rings is 2. The average molecular weight is 461 g/mol. The Kier molecular flexibility index (Phi) is 6.04. The first-order valence-electron chi connectivity index (χ1n) is 7.83. The Morgan fingerprint density at radius 3 is 2.36 bits per heavy atom. The molecule has 0 saturated carbocycles. The number of rotatable bonds is 7. The van der Waals surface area contributed by atoms with Crippen molar-refractivity contribution in [2.45, 2.75) is 21.7 Å². The van der Waals surface area contributed by atoms with Gasteiger partial charge in [-0.2, -0.15) is 0 Å². The maximum atomic E-state index is 14.5. The average Bonchev–Trinajstić information content (AvgIpc) is 3.14. The van der Waals surface area contributed by atoms with Gasteiger partial charge in [0.1, 0.15) is 0 Å². The third kappa shape index (κ3) is 4.69. The molecule has 1 heterocycles. The Morgan fingerprint density at radius 2 is 1.75 bits per heavy atom. The summed E-state index contributed by atoms with van der Waals surface area (Å²) < 4.78 is 66.3. The number of hydrogen-bond donors (Lipinski definition) is 1. The maximum Gasteiger partial charge on any atom is 0.263 e. The van der Waals surface area contributed by atoms with Gasteiger partial charge in [-0.15, -0.1) is 11.3 Å². The number of nitrogens with zero attached hydrogens (tertiary/aromatic N) is 1. The molecule has 2 aromatic carbocycles. The molecule has 11 heteroatoms. The van der Waals surface area contributed by atoms with Crippen LogP contribution in [0.15, 0.2) is 69.9 Å². The Bertz CT molecular complexity index is 1170. The number of hydrogen-bond acceptors (Lipinski definition) is 6. The summed E-state index contributed by atoms with van der Waals surface area (Å²) in [5, 5.41) is 2.17. The minimum absolute atomic E-state index is 0.160. The minimum Gasteiger partial charge on any atom is -0.255 e. The SMILES string of the molecule is O=S(=O)(Nc1nccs1)c1ccc(S(=O)(=O)C(F)Cc2cccc(Cl)c2)cc1. The van der Waals surface area contributed by atoms with Crippen LogP contribution >= 0.6 is 22.9 Å². The topological polar surface area (TPSA) is 93.2 Å². The van der Waals surface area contributed by atoms with Gasteiger partial charge in [-0.1, -0.05) is 23.7 Å². The van der Waals surface area contributed by atoms with Crippen LogP contribution in [0.2, 0.25) is 5.02 Å². The van der Waals surface area contributed by atoms with Gasteiger partial charge in [0.2, 0.25) is 15.3 Å². The summed E-state index contributed by atoms with van der Waals surface area (Å²) in [6.07, 6.45) is 1.08. The van der Waals surface area contributed by atoms with Crippen molar-refractivity contribution in [2.75, 3.05) is 4.72 Å². The van der Waals surface area contributed by atoms with Gasteiger partial charge in [0.15, 0.2) is 5.13 Å². The Labute approximate surface area is 171 Å². The number of anilines is 1. The molecule has 0 amide bonds. The van der Waals surface area contributed by atoms with Crippen molar-refractivity contribution in [2.24, 2.45) is 0 Å². The first-order valence-corrected chi connectivity index (χ1v) is 12.1. The molecule has 0 radical (unpaired) electrons. The highest BCUT2D eigenvalue weighted by Gasteiger charge is 2.28. The summed E-state index contributed by atoms with van der Waals surface area (Å²) in [6.45, 7) is 0. The van der Waals surface area contributed by atoms with Crippen molar-refractivity contribution < 1.29 is 21.2 Å². The first-order chi connectivity index (χ1) is 13.2. The van der Waals surface area contributed by atoms with E-state index in [9.17, 15) is 21.2 Å². The zero-order chi connectivity index (χ0) is 20.4. The molecule has 3 aromatic rings. The van der Waals surface area contributed by atoms with Gasteiger partial charge in [-0.25, -0.2) is 26.2 Å². The number of nitrogens with one attached hydrogen (secondary N) is 1. The molecule has 3 rings (SSSR count). The monoisotopic (exact) mass is 460 g/mol. The van der Waals surface area contributed by atoms with Gasteiger partial charge in [0.25, 0.3) is 10.0 Å². The molecule has 148 valence electrons. The highest BCUT2D eigenvalue weighted by molar-refractivity contribution is 7.93. The van der Waals surface area contributed by atoms with Gasteiger partial charge in [0, 0.05) is 23.0 Å². The number of alkyl halides is 1. The van der Waals surface area contributed by atoms with E-state index in [4.69, 9.17) is 11.6 Å². The fraction of sp³-hybridized carbons (Fsp3) is 0.118. The standard InChI is InChI=1S/C17H14ClFN2O4S3/c18-13-3-1-2-12(10-13)11-16(19)27(22,23)14-4-6-15(7-5-14)28(24,25)21-17-20-8-9-26-17/h1-10,16H,11H2,(H,20,21). The highest BCUT2D eigenvalue weighted by atomic mass is 35.5. The van der Waals surface area contributed by atoms with Crippen molar-refractivity contribution in [3.63, 3.8) is 0 Å². The summed E-state index contributed by atoms with van der Waals surface area (Å²) in [7, 11) is -8.22. The molecule has 1 aromatic heterocycles. The number of halogens is 2. The summed E-state index contributed by atoms with van der Waals surface area (Å²) in [4.78, 5) is 3.36. The maximum absolute atomic E-state index is 14.5. The van der Waals surface area contributed by atoms with Crippen molar-refractivity contribution in [3.8, 4) is 0 Å². The number of thiazole rings is 1. The molecule has 0 fully saturated rings. The van der Waals surface area contributed by atoms with Crippen LogP contribution in [-0.4, -0.2) is 27.3 Å². The quantitative estimate of drug-likeness (QED) is 0.577. The molecule has 1 unspecified atom stereocenters. The Hall–Kier alpha value is -2.01. The molecule has 28 heavy (non-hydrogen) atoms. The number of aromatic nitrogens is 1. The third-order valence-corrected chi connectivity index (χ3v) is 7.92. The second kappa shape index (κ2) is 8.16. The summed E-state index contributed by atoms with van der Waals surface area (Å²) in [6, 6.07) is 10.6. The van der Waals surface area contributed by atoms with Crippen LogP contribution in [0.1, 0.15) is 5.56 Å². The molecule has 0 spiro atoms. The largest absolute Gasteiger partial charge is 0.263 e. The van der Waals surface area contributed by atoms with Crippen LogP contribution in [0, 0.1) is 0 Å². The molecule has 0 bridgehead atoms. The van der Waals surface area contributed by atoms with E-state index in [1.165, 1.54) is 12.3 Å². The van der Waals surface area contributed by atoms with E-state index >= 15 is 0 Å². The van der Waals surface area contributed by atoms with Gasteiger partial charge in [-0.05, 0) is 42.0 Å². The molecule has 0 aliphatic rings. The van der Waals surface area contributed by atoms with Crippen LogP contribution in [-0.2, 0) is 26.3 Å². The van der Waals surface area contributed by atoms with Gasteiger partial charge < -0.3 is 0 Å². The molecular weight excluding hydrogens is 447 g/mol. The van der Waals surface area contributed by atoms with E-state index in [1.807, 2.05) is 0 Å². The van der Waals surface area contributed by atoms with Gasteiger partial charge >= 0.3 is 0 Å². The van der Waals surface area contributed by atoms with Crippen molar-refractivity contribution >= 4 is 47.9 Å². The molecule has 0 aliphatic carbocycles. The van der Waals surface area contributed by atoms with Crippen LogP contribution < -0.4 is 4.72 Å². The van der Waals surface area contributed by atoms with E-state index in [-0.39, 0.29) is 21.3 Å². The minimum atomic E-state index is -4.30. The third-order valence-electron chi connectivity index (χ3n) is 3.74. The second-order valence-electron chi connectivity index (χ2n) is 5.70. The first kappa shape index (κ1) is 20.7. The van der Waals surface area contributed by atoms with Gasteiger partial charge in [-0.3, -0.25) is 4.72 Å². The normalized spacial score (nSPS) is 13.2. The second-order valence-corrected chi connectivity index (χ2v) is 10.8. The van der Waals surface area contributed by atoms with Crippen LogP contribution in [0.3, 0.4) is 0 Å². The lowest BCUT2D eigenvalue weighted by Crippen LogP contribution is -2.19. The van der Waals surface area contributed by atoms with Gasteiger partial charge in [0.05, 0.1) is 9.79 Å². The zero-order valence-corrected chi connectivity index (χ0v) is 17.3. The smallest absolute Gasteiger partial charge is 0.255 e. The highest BCUT2D eigenvalue weighted by Crippen LogP contribution is 2.24. The Morgan fingerprint density at radius 1 is 1.07 bits per heavy atom. The molecule has 0 aliphatic heterocycles. The lowest BCUT2D eigenvalue weighted by molar-refractivity contribution is 0.416.